The maximum absolute atomic E-state index is 12.7. The summed E-state index contributed by atoms with van der Waals surface area (Å²) in [5, 5.41) is 0. The van der Waals surface area contributed by atoms with Crippen LogP contribution in [0.3, 0.4) is 0 Å². The van der Waals surface area contributed by atoms with Crippen LogP contribution in [0.2, 0.25) is 0 Å². The lowest BCUT2D eigenvalue weighted by Crippen LogP contribution is -2.36. The van der Waals surface area contributed by atoms with E-state index < -0.39 is 0 Å². The molecule has 3 nitrogen and oxygen atoms in total. The van der Waals surface area contributed by atoms with Gasteiger partial charge in [-0.15, -0.1) is 0 Å². The predicted octanol–water partition coefficient (Wildman–Crippen LogP) is 3.08. The van der Waals surface area contributed by atoms with E-state index in [4.69, 9.17) is 5.73 Å². The highest BCUT2D eigenvalue weighted by Crippen LogP contribution is 2.23. The van der Waals surface area contributed by atoms with Crippen molar-refractivity contribution < 1.29 is 4.79 Å². The summed E-state index contributed by atoms with van der Waals surface area (Å²) in [5.74, 6) is 0.106. The molecule has 108 valence electrons. The molecule has 1 aliphatic heterocycles. The first-order valence-corrected chi connectivity index (χ1v) is 7.28. The number of anilines is 1. The molecule has 21 heavy (non-hydrogen) atoms. The van der Waals surface area contributed by atoms with Gasteiger partial charge >= 0.3 is 0 Å². The fraction of sp³-hybridized carbons (Fsp3) is 0.278. The molecule has 1 heterocycles. The summed E-state index contributed by atoms with van der Waals surface area (Å²) in [6.07, 6.45) is 0.895. The molecule has 0 atom stereocenters. The van der Waals surface area contributed by atoms with Crippen molar-refractivity contribution in [2.75, 3.05) is 12.3 Å². The van der Waals surface area contributed by atoms with Crippen LogP contribution in [0.1, 0.15) is 32.6 Å². The van der Waals surface area contributed by atoms with Crippen molar-refractivity contribution in [3.63, 3.8) is 0 Å². The summed E-state index contributed by atoms with van der Waals surface area (Å²) >= 11 is 0. The molecule has 1 amide bonds. The number of rotatable bonds is 1. The van der Waals surface area contributed by atoms with Gasteiger partial charge in [0.05, 0.1) is 0 Å². The number of benzene rings is 2. The van der Waals surface area contributed by atoms with Gasteiger partial charge in [0, 0.05) is 24.3 Å². The van der Waals surface area contributed by atoms with Crippen molar-refractivity contribution in [3.05, 3.63) is 64.2 Å². The number of carbonyl (C=O) groups excluding carboxylic acids is 1. The van der Waals surface area contributed by atoms with Crippen LogP contribution in [0, 0.1) is 13.8 Å². The SMILES string of the molecule is Cc1cc(C)cc(C(=O)N2CCc3ccc(N)cc3C2)c1. The summed E-state index contributed by atoms with van der Waals surface area (Å²) in [6, 6.07) is 12.0. The van der Waals surface area contributed by atoms with Gasteiger partial charge < -0.3 is 10.6 Å². The van der Waals surface area contributed by atoms with Crippen LogP contribution in [-0.2, 0) is 13.0 Å². The van der Waals surface area contributed by atoms with Crippen molar-refractivity contribution >= 4 is 11.6 Å². The predicted molar refractivity (Wildman–Crippen MR) is 85.2 cm³/mol. The van der Waals surface area contributed by atoms with Crippen molar-refractivity contribution in [2.45, 2.75) is 26.8 Å². The van der Waals surface area contributed by atoms with E-state index in [0.29, 0.717) is 6.54 Å². The van der Waals surface area contributed by atoms with E-state index in [1.165, 1.54) is 11.1 Å². The number of carbonyl (C=O) groups is 1. The number of nitrogens with zero attached hydrogens (tertiary/aromatic N) is 1. The minimum atomic E-state index is 0.106. The zero-order valence-corrected chi connectivity index (χ0v) is 12.5. The molecule has 3 heteroatoms. The van der Waals surface area contributed by atoms with E-state index >= 15 is 0 Å². The number of aryl methyl sites for hydroxylation is 2. The van der Waals surface area contributed by atoms with Gasteiger partial charge in [0.25, 0.3) is 5.91 Å². The molecule has 0 radical (unpaired) electrons. The quantitative estimate of drug-likeness (QED) is 0.816. The van der Waals surface area contributed by atoms with Gasteiger partial charge in [0.2, 0.25) is 0 Å². The van der Waals surface area contributed by atoms with Gasteiger partial charge in [-0.1, -0.05) is 23.3 Å². The van der Waals surface area contributed by atoms with Gasteiger partial charge in [-0.25, -0.2) is 0 Å². The van der Waals surface area contributed by atoms with Crippen molar-refractivity contribution in [2.24, 2.45) is 0 Å². The topological polar surface area (TPSA) is 46.3 Å². The van der Waals surface area contributed by atoms with E-state index in [1.807, 2.05) is 43.0 Å². The summed E-state index contributed by atoms with van der Waals surface area (Å²) in [5.41, 5.74) is 12.1. The van der Waals surface area contributed by atoms with Crippen LogP contribution in [0.5, 0.6) is 0 Å². The third kappa shape index (κ3) is 2.77. The molecule has 2 aromatic carbocycles. The lowest BCUT2D eigenvalue weighted by atomic mass is 9.98. The average Bonchev–Trinajstić information content (AvgIpc) is 2.44. The Labute approximate surface area is 125 Å². The van der Waals surface area contributed by atoms with E-state index in [0.717, 1.165) is 35.3 Å². The Hall–Kier alpha value is -2.29. The van der Waals surface area contributed by atoms with E-state index in [9.17, 15) is 4.79 Å². The Bertz CT molecular complexity index is 686. The molecule has 0 bridgehead atoms. The van der Waals surface area contributed by atoms with E-state index in [-0.39, 0.29) is 5.91 Å². The van der Waals surface area contributed by atoms with Crippen LogP contribution in [-0.4, -0.2) is 17.4 Å². The largest absolute Gasteiger partial charge is 0.399 e. The third-order valence-electron chi connectivity index (χ3n) is 4.00. The Morgan fingerprint density at radius 3 is 2.48 bits per heavy atom. The van der Waals surface area contributed by atoms with Gasteiger partial charge in [-0.2, -0.15) is 0 Å². The van der Waals surface area contributed by atoms with Crippen molar-refractivity contribution in [3.8, 4) is 0 Å². The molecular formula is C18H20N2O. The highest BCUT2D eigenvalue weighted by atomic mass is 16.2. The number of nitrogen functional groups attached to an aromatic ring is 1. The second-order valence-electron chi connectivity index (χ2n) is 5.88. The number of fused-ring (bicyclic) bond motifs is 1. The van der Waals surface area contributed by atoms with Gasteiger partial charge in [0.15, 0.2) is 0 Å². The zero-order chi connectivity index (χ0) is 15.0. The fourth-order valence-corrected chi connectivity index (χ4v) is 3.03. The van der Waals surface area contributed by atoms with Gasteiger partial charge in [0.1, 0.15) is 0 Å². The first-order valence-electron chi connectivity index (χ1n) is 7.28. The third-order valence-corrected chi connectivity index (χ3v) is 4.00. The molecular weight excluding hydrogens is 260 g/mol. The minimum absolute atomic E-state index is 0.106. The van der Waals surface area contributed by atoms with E-state index in [1.54, 1.807) is 0 Å². The molecule has 0 saturated heterocycles. The average molecular weight is 280 g/mol. The Morgan fingerprint density at radius 2 is 1.76 bits per heavy atom. The molecule has 1 aliphatic rings. The van der Waals surface area contributed by atoms with Gasteiger partial charge in [-0.05, 0) is 55.7 Å². The summed E-state index contributed by atoms with van der Waals surface area (Å²) in [7, 11) is 0. The molecule has 0 unspecified atom stereocenters. The highest BCUT2D eigenvalue weighted by Gasteiger charge is 2.22. The molecule has 3 rings (SSSR count). The zero-order valence-electron chi connectivity index (χ0n) is 12.5. The minimum Gasteiger partial charge on any atom is -0.399 e. The van der Waals surface area contributed by atoms with Gasteiger partial charge in [-0.3, -0.25) is 4.79 Å². The van der Waals surface area contributed by atoms with Crippen LogP contribution in [0.4, 0.5) is 5.69 Å². The van der Waals surface area contributed by atoms with Crippen LogP contribution in [0.25, 0.3) is 0 Å². The second-order valence-corrected chi connectivity index (χ2v) is 5.88. The van der Waals surface area contributed by atoms with Crippen LogP contribution in [0.15, 0.2) is 36.4 Å². The Balaban J connectivity index is 1.86. The molecule has 0 fully saturated rings. The van der Waals surface area contributed by atoms with Crippen LogP contribution < -0.4 is 5.73 Å². The summed E-state index contributed by atoms with van der Waals surface area (Å²) < 4.78 is 0. The lowest BCUT2D eigenvalue weighted by molar-refractivity contribution is 0.0734. The molecule has 2 N–H and O–H groups in total. The lowest BCUT2D eigenvalue weighted by Gasteiger charge is -2.29. The van der Waals surface area contributed by atoms with Crippen LogP contribution >= 0.6 is 0 Å². The molecule has 0 saturated carbocycles. The highest BCUT2D eigenvalue weighted by molar-refractivity contribution is 5.94. The van der Waals surface area contributed by atoms with Crippen molar-refractivity contribution in [1.29, 1.82) is 0 Å². The maximum Gasteiger partial charge on any atom is 0.254 e. The number of hydrogen-bond donors (Lipinski definition) is 1. The molecule has 0 aliphatic carbocycles. The molecule has 0 spiro atoms. The second kappa shape index (κ2) is 5.24. The Morgan fingerprint density at radius 1 is 1.05 bits per heavy atom. The first kappa shape index (κ1) is 13.7. The fourth-order valence-electron chi connectivity index (χ4n) is 3.03. The number of hydrogen-bond acceptors (Lipinski definition) is 2. The normalized spacial score (nSPS) is 13.9. The summed E-state index contributed by atoms with van der Waals surface area (Å²) in [4.78, 5) is 14.6. The monoisotopic (exact) mass is 280 g/mol. The van der Waals surface area contributed by atoms with E-state index in [2.05, 4.69) is 12.1 Å². The maximum atomic E-state index is 12.7. The molecule has 0 aromatic heterocycles. The number of amides is 1. The smallest absolute Gasteiger partial charge is 0.254 e. The standard InChI is InChI=1S/C18H20N2O/c1-12-7-13(2)9-15(8-12)18(21)20-6-5-14-3-4-17(19)10-16(14)11-20/h3-4,7-10H,5-6,11,19H2,1-2H3. The number of nitrogens with two attached hydrogens (primary N) is 1. The first-order chi connectivity index (χ1) is 10.0. The Kier molecular flexibility index (Phi) is 3.42. The summed E-state index contributed by atoms with van der Waals surface area (Å²) in [6.45, 7) is 5.46. The molecule has 2 aromatic rings. The van der Waals surface area contributed by atoms with Crippen molar-refractivity contribution in [1.82, 2.24) is 4.90 Å².